The molecule has 1 aliphatic carbocycles. The van der Waals surface area contributed by atoms with Crippen LogP contribution in [-0.2, 0) is 10.0 Å². The molecule has 1 unspecified atom stereocenters. The van der Waals surface area contributed by atoms with Gasteiger partial charge in [-0.15, -0.1) is 0 Å². The summed E-state index contributed by atoms with van der Waals surface area (Å²) >= 11 is 6.02. The Kier molecular flexibility index (Phi) is 4.62. The van der Waals surface area contributed by atoms with E-state index in [1.165, 1.54) is 25.0 Å². The number of hydrogen-bond donors (Lipinski definition) is 2. The quantitative estimate of drug-likeness (QED) is 0.792. The number of halogens is 1. The summed E-state index contributed by atoms with van der Waals surface area (Å²) in [4.78, 5) is 0.139. The summed E-state index contributed by atoms with van der Waals surface area (Å²) in [6, 6.07) is 2.90. The van der Waals surface area contributed by atoms with Gasteiger partial charge in [0.2, 0.25) is 10.0 Å². The fourth-order valence-corrected chi connectivity index (χ4v) is 3.86. The lowest BCUT2D eigenvalue weighted by atomic mass is 10.1. The summed E-state index contributed by atoms with van der Waals surface area (Å²) in [7, 11) is -3.57. The fourth-order valence-electron chi connectivity index (χ4n) is 2.17. The minimum Gasteiger partial charge on any atom is -0.398 e. The number of anilines is 1. The molecule has 112 valence electrons. The molecule has 0 aromatic heterocycles. The van der Waals surface area contributed by atoms with Crippen molar-refractivity contribution in [1.29, 1.82) is 0 Å². The first-order chi connectivity index (χ1) is 9.33. The van der Waals surface area contributed by atoms with Crippen LogP contribution in [0.4, 0.5) is 5.69 Å². The summed E-state index contributed by atoms with van der Waals surface area (Å²) in [5.74, 6) is 0.675. The SMILES string of the molecule is CCC(CC1CC1)NS(=O)(=O)c1cc(N)c(C)c(Cl)c1. The number of nitrogens with two attached hydrogens (primary N) is 1. The van der Waals surface area contributed by atoms with Gasteiger partial charge in [-0.3, -0.25) is 0 Å². The van der Waals surface area contributed by atoms with Crippen LogP contribution >= 0.6 is 11.6 Å². The topological polar surface area (TPSA) is 72.2 Å². The Morgan fingerprint density at radius 1 is 1.45 bits per heavy atom. The summed E-state index contributed by atoms with van der Waals surface area (Å²) in [6.07, 6.45) is 4.11. The molecule has 1 aromatic rings. The Hall–Kier alpha value is -0.780. The highest BCUT2D eigenvalue weighted by atomic mass is 35.5. The third kappa shape index (κ3) is 3.65. The van der Waals surface area contributed by atoms with E-state index in [4.69, 9.17) is 17.3 Å². The lowest BCUT2D eigenvalue weighted by Gasteiger charge is -2.17. The Labute approximate surface area is 125 Å². The molecular weight excluding hydrogens is 296 g/mol. The Balaban J connectivity index is 2.20. The van der Waals surface area contributed by atoms with E-state index in [0.29, 0.717) is 22.2 Å². The van der Waals surface area contributed by atoms with E-state index in [9.17, 15) is 8.42 Å². The predicted octanol–water partition coefficient (Wildman–Crippen LogP) is 3.09. The Bertz CT molecular complexity index is 574. The van der Waals surface area contributed by atoms with E-state index in [2.05, 4.69) is 4.72 Å². The van der Waals surface area contributed by atoms with Crippen molar-refractivity contribution in [1.82, 2.24) is 4.72 Å². The molecule has 0 aliphatic heterocycles. The molecule has 0 amide bonds. The molecule has 20 heavy (non-hydrogen) atoms. The molecule has 0 bridgehead atoms. The molecule has 1 fully saturated rings. The summed E-state index contributed by atoms with van der Waals surface area (Å²) in [5.41, 5.74) is 6.90. The first-order valence-corrected chi connectivity index (χ1v) is 8.77. The van der Waals surface area contributed by atoms with Gasteiger partial charge in [0.1, 0.15) is 0 Å². The van der Waals surface area contributed by atoms with Crippen LogP contribution in [-0.4, -0.2) is 14.5 Å². The molecule has 0 spiro atoms. The van der Waals surface area contributed by atoms with Gasteiger partial charge in [0.05, 0.1) is 4.90 Å². The molecule has 0 saturated heterocycles. The molecule has 4 nitrogen and oxygen atoms in total. The van der Waals surface area contributed by atoms with Gasteiger partial charge in [0.25, 0.3) is 0 Å². The highest BCUT2D eigenvalue weighted by Gasteiger charge is 2.28. The zero-order valence-corrected chi connectivity index (χ0v) is 13.4. The minimum absolute atomic E-state index is 0.0196. The molecule has 1 aromatic carbocycles. The summed E-state index contributed by atoms with van der Waals surface area (Å²) in [5, 5.41) is 0.376. The van der Waals surface area contributed by atoms with Crippen LogP contribution < -0.4 is 10.5 Å². The maximum atomic E-state index is 12.4. The lowest BCUT2D eigenvalue weighted by Crippen LogP contribution is -2.34. The second-order valence-electron chi connectivity index (χ2n) is 5.52. The molecule has 6 heteroatoms. The van der Waals surface area contributed by atoms with Crippen molar-refractivity contribution in [3.05, 3.63) is 22.7 Å². The first kappa shape index (κ1) is 15.6. The van der Waals surface area contributed by atoms with Gasteiger partial charge in [-0.1, -0.05) is 31.4 Å². The second-order valence-corrected chi connectivity index (χ2v) is 7.65. The van der Waals surface area contributed by atoms with Crippen molar-refractivity contribution in [2.75, 3.05) is 5.73 Å². The third-order valence-electron chi connectivity index (χ3n) is 3.80. The Morgan fingerprint density at radius 3 is 2.60 bits per heavy atom. The summed E-state index contributed by atoms with van der Waals surface area (Å²) in [6.45, 7) is 3.76. The van der Waals surface area contributed by atoms with Gasteiger partial charge < -0.3 is 5.73 Å². The van der Waals surface area contributed by atoms with E-state index in [1.54, 1.807) is 6.92 Å². The number of nitrogen functional groups attached to an aromatic ring is 1. The number of benzene rings is 1. The van der Waals surface area contributed by atoms with Crippen molar-refractivity contribution >= 4 is 27.3 Å². The molecule has 2 rings (SSSR count). The molecule has 1 aliphatic rings. The normalized spacial score (nSPS) is 17.1. The van der Waals surface area contributed by atoms with Gasteiger partial charge in [0, 0.05) is 16.8 Å². The first-order valence-electron chi connectivity index (χ1n) is 6.91. The number of rotatable bonds is 6. The van der Waals surface area contributed by atoms with Gasteiger partial charge in [-0.05, 0) is 43.4 Å². The average Bonchev–Trinajstić information content (AvgIpc) is 3.18. The van der Waals surface area contributed by atoms with E-state index < -0.39 is 10.0 Å². The van der Waals surface area contributed by atoms with Crippen LogP contribution in [0.1, 0.15) is 38.2 Å². The molecule has 0 radical (unpaired) electrons. The largest absolute Gasteiger partial charge is 0.398 e. The predicted molar refractivity (Wildman–Crippen MR) is 82.3 cm³/mol. The lowest BCUT2D eigenvalue weighted by molar-refractivity contribution is 0.495. The molecular formula is C14H21ClN2O2S. The van der Waals surface area contributed by atoms with Crippen LogP contribution in [0.3, 0.4) is 0 Å². The molecule has 3 N–H and O–H groups in total. The van der Waals surface area contributed by atoms with Crippen LogP contribution in [0.15, 0.2) is 17.0 Å². The number of nitrogens with one attached hydrogen (secondary N) is 1. The second kappa shape index (κ2) is 5.92. The average molecular weight is 317 g/mol. The van der Waals surface area contributed by atoms with Crippen LogP contribution in [0.5, 0.6) is 0 Å². The van der Waals surface area contributed by atoms with E-state index in [0.717, 1.165) is 12.8 Å². The van der Waals surface area contributed by atoms with E-state index in [-0.39, 0.29) is 10.9 Å². The maximum absolute atomic E-state index is 12.4. The van der Waals surface area contributed by atoms with Gasteiger partial charge in [-0.25, -0.2) is 13.1 Å². The fraction of sp³-hybridized carbons (Fsp3) is 0.571. The number of hydrogen-bond acceptors (Lipinski definition) is 3. The standard InChI is InChI=1S/C14H21ClN2O2S/c1-3-11(6-10-4-5-10)17-20(18,19)12-7-13(15)9(2)14(16)8-12/h7-8,10-11,17H,3-6,16H2,1-2H3. The van der Waals surface area contributed by atoms with Crippen LogP contribution in [0.2, 0.25) is 5.02 Å². The van der Waals surface area contributed by atoms with E-state index in [1.807, 2.05) is 6.92 Å². The van der Waals surface area contributed by atoms with Gasteiger partial charge in [0.15, 0.2) is 0 Å². The zero-order chi connectivity index (χ0) is 14.9. The number of sulfonamides is 1. The van der Waals surface area contributed by atoms with Crippen LogP contribution in [0, 0.1) is 12.8 Å². The smallest absolute Gasteiger partial charge is 0.240 e. The minimum atomic E-state index is -3.57. The monoisotopic (exact) mass is 316 g/mol. The highest BCUT2D eigenvalue weighted by molar-refractivity contribution is 7.89. The van der Waals surface area contributed by atoms with Gasteiger partial charge in [-0.2, -0.15) is 0 Å². The molecule has 0 heterocycles. The van der Waals surface area contributed by atoms with Crippen molar-refractivity contribution < 1.29 is 8.42 Å². The molecule has 1 atom stereocenters. The van der Waals surface area contributed by atoms with Gasteiger partial charge >= 0.3 is 0 Å². The van der Waals surface area contributed by atoms with E-state index >= 15 is 0 Å². The van der Waals surface area contributed by atoms with Crippen molar-refractivity contribution in [3.8, 4) is 0 Å². The van der Waals surface area contributed by atoms with Crippen molar-refractivity contribution in [3.63, 3.8) is 0 Å². The third-order valence-corrected chi connectivity index (χ3v) is 5.69. The summed E-state index contributed by atoms with van der Waals surface area (Å²) < 4.78 is 27.6. The Morgan fingerprint density at radius 2 is 2.10 bits per heavy atom. The van der Waals surface area contributed by atoms with Crippen molar-refractivity contribution in [2.24, 2.45) is 5.92 Å². The molecule has 1 saturated carbocycles. The maximum Gasteiger partial charge on any atom is 0.240 e. The zero-order valence-electron chi connectivity index (χ0n) is 11.8. The van der Waals surface area contributed by atoms with Crippen molar-refractivity contribution in [2.45, 2.75) is 50.5 Å². The highest BCUT2D eigenvalue weighted by Crippen LogP contribution is 2.34. The van der Waals surface area contributed by atoms with Crippen LogP contribution in [0.25, 0.3) is 0 Å².